The van der Waals surface area contributed by atoms with Crippen LogP contribution in [0, 0.1) is 0 Å². The van der Waals surface area contributed by atoms with Gasteiger partial charge >= 0.3 is 6.03 Å². The van der Waals surface area contributed by atoms with Gasteiger partial charge in [0.05, 0.1) is 6.54 Å². The number of Topliss-reactive ketones (excluding diaryl/α,β-unsaturated/α-hetero) is 1. The van der Waals surface area contributed by atoms with E-state index in [-0.39, 0.29) is 18.9 Å². The molecule has 7 heteroatoms. The highest BCUT2D eigenvalue weighted by atomic mass is 16.5. The van der Waals surface area contributed by atoms with E-state index in [0.717, 1.165) is 4.90 Å². The molecule has 1 aliphatic rings. The molecule has 4 rings (SSSR count). The van der Waals surface area contributed by atoms with Crippen molar-refractivity contribution in [3.63, 3.8) is 0 Å². The monoisotopic (exact) mass is 458 g/mol. The van der Waals surface area contributed by atoms with E-state index in [1.165, 1.54) is 0 Å². The molecule has 1 heterocycles. The van der Waals surface area contributed by atoms with Crippen molar-refractivity contribution in [3.05, 3.63) is 102 Å². The predicted octanol–water partition coefficient (Wildman–Crippen LogP) is 3.51. The first-order valence-electron chi connectivity index (χ1n) is 11.1. The van der Waals surface area contributed by atoms with Gasteiger partial charge in [0, 0.05) is 12.0 Å². The first-order chi connectivity index (χ1) is 16.5. The van der Waals surface area contributed by atoms with Gasteiger partial charge in [-0.15, -0.1) is 0 Å². The second-order valence-electron chi connectivity index (χ2n) is 8.09. The molecule has 174 valence electrons. The average molecular weight is 459 g/mol. The van der Waals surface area contributed by atoms with Crippen LogP contribution in [0.2, 0.25) is 0 Å². The number of hydrogen-bond acceptors (Lipinski definition) is 5. The second-order valence-corrected chi connectivity index (χ2v) is 8.09. The number of carbonyl (C=O) groups is 3. The zero-order valence-corrected chi connectivity index (χ0v) is 18.8. The number of β-amino-alcohol motifs (C(OH)–C–C–N with tert-alkyl or cyclic N) is 1. The highest BCUT2D eigenvalue weighted by molar-refractivity contribution is 6.09. The quantitative estimate of drug-likeness (QED) is 0.378. The minimum atomic E-state index is -1.37. The van der Waals surface area contributed by atoms with Gasteiger partial charge in [-0.1, -0.05) is 67.6 Å². The third-order valence-electron chi connectivity index (χ3n) is 5.85. The van der Waals surface area contributed by atoms with E-state index in [1.54, 1.807) is 55.5 Å². The molecule has 0 aromatic heterocycles. The molecule has 3 aromatic carbocycles. The number of nitrogens with zero attached hydrogens (tertiary/aromatic N) is 1. The van der Waals surface area contributed by atoms with Crippen molar-refractivity contribution in [1.82, 2.24) is 10.2 Å². The molecule has 1 unspecified atom stereocenters. The summed E-state index contributed by atoms with van der Waals surface area (Å²) in [6, 6.07) is 24.1. The van der Waals surface area contributed by atoms with Gasteiger partial charge in [0.2, 0.25) is 0 Å². The summed E-state index contributed by atoms with van der Waals surface area (Å²) in [5.41, 5.74) is 0.485. The molecule has 1 fully saturated rings. The molecule has 1 saturated heterocycles. The standard InChI is InChI=1S/C27H26N2O5/c1-2-24(31)19-13-15-23(16-14-19)34-18-22(30)17-29-25(32)27(28-26(29)33,20-9-5-3-6-10-20)21-11-7-4-8-12-21/h3-16,22,30H,2,17-18H2,1H3,(H,28,33). The largest absolute Gasteiger partial charge is 0.491 e. The first kappa shape index (κ1) is 23.2. The third-order valence-corrected chi connectivity index (χ3v) is 5.85. The van der Waals surface area contributed by atoms with Gasteiger partial charge < -0.3 is 15.2 Å². The Morgan fingerprint density at radius 1 is 0.941 bits per heavy atom. The number of rotatable bonds is 9. The fraction of sp³-hybridized carbons (Fsp3) is 0.222. The molecule has 0 radical (unpaired) electrons. The van der Waals surface area contributed by atoms with Crippen molar-refractivity contribution < 1.29 is 24.2 Å². The van der Waals surface area contributed by atoms with E-state index in [9.17, 15) is 19.5 Å². The number of carbonyl (C=O) groups excluding carboxylic acids is 3. The second kappa shape index (κ2) is 9.89. The fourth-order valence-electron chi connectivity index (χ4n) is 4.07. The maximum absolute atomic E-state index is 13.6. The van der Waals surface area contributed by atoms with Gasteiger partial charge in [-0.2, -0.15) is 0 Å². The Labute approximate surface area is 198 Å². The molecule has 3 aromatic rings. The maximum Gasteiger partial charge on any atom is 0.325 e. The number of ether oxygens (including phenoxy) is 1. The zero-order valence-electron chi connectivity index (χ0n) is 18.8. The number of aliphatic hydroxyl groups excluding tert-OH is 1. The Balaban J connectivity index is 1.49. The number of nitrogens with one attached hydrogen (secondary N) is 1. The van der Waals surface area contributed by atoms with Gasteiger partial charge in [-0.3, -0.25) is 14.5 Å². The average Bonchev–Trinajstić information content (AvgIpc) is 3.14. The molecular weight excluding hydrogens is 432 g/mol. The summed E-state index contributed by atoms with van der Waals surface area (Å²) in [7, 11) is 0. The van der Waals surface area contributed by atoms with Crippen LogP contribution in [0.4, 0.5) is 4.79 Å². The Morgan fingerprint density at radius 3 is 2.03 bits per heavy atom. The molecule has 3 amide bonds. The van der Waals surface area contributed by atoms with Crippen LogP contribution in [0.1, 0.15) is 34.8 Å². The lowest BCUT2D eigenvalue weighted by atomic mass is 9.82. The molecule has 2 N–H and O–H groups in total. The van der Waals surface area contributed by atoms with E-state index in [2.05, 4.69) is 5.32 Å². The van der Waals surface area contributed by atoms with Crippen molar-refractivity contribution >= 4 is 17.7 Å². The van der Waals surface area contributed by atoms with Crippen LogP contribution in [0.3, 0.4) is 0 Å². The van der Waals surface area contributed by atoms with E-state index in [0.29, 0.717) is 28.9 Å². The summed E-state index contributed by atoms with van der Waals surface area (Å²) >= 11 is 0. The minimum Gasteiger partial charge on any atom is -0.491 e. The smallest absolute Gasteiger partial charge is 0.325 e. The molecule has 1 atom stereocenters. The van der Waals surface area contributed by atoms with Gasteiger partial charge in [-0.05, 0) is 35.4 Å². The Bertz CT molecular complexity index is 1120. The van der Waals surface area contributed by atoms with Gasteiger partial charge in [0.15, 0.2) is 11.3 Å². The summed E-state index contributed by atoms with van der Waals surface area (Å²) in [5, 5.41) is 13.4. The molecule has 0 bridgehead atoms. The normalized spacial score (nSPS) is 15.6. The topological polar surface area (TPSA) is 95.9 Å². The number of amides is 3. The summed E-state index contributed by atoms with van der Waals surface area (Å²) in [6.07, 6.45) is -0.688. The number of imide groups is 1. The van der Waals surface area contributed by atoms with E-state index in [4.69, 9.17) is 4.74 Å². The Morgan fingerprint density at radius 2 is 1.50 bits per heavy atom. The maximum atomic E-state index is 13.6. The molecular formula is C27H26N2O5. The van der Waals surface area contributed by atoms with Gasteiger partial charge in [0.25, 0.3) is 5.91 Å². The number of ketones is 1. The van der Waals surface area contributed by atoms with Crippen molar-refractivity contribution in [3.8, 4) is 5.75 Å². The SMILES string of the molecule is CCC(=O)c1ccc(OCC(O)CN2C(=O)NC(c3ccccc3)(c3ccccc3)C2=O)cc1. The third kappa shape index (κ3) is 4.43. The van der Waals surface area contributed by atoms with Gasteiger partial charge in [0.1, 0.15) is 18.5 Å². The molecule has 1 aliphatic heterocycles. The Kier molecular flexibility index (Phi) is 6.75. The lowest BCUT2D eigenvalue weighted by molar-refractivity contribution is -0.131. The molecule has 34 heavy (non-hydrogen) atoms. The van der Waals surface area contributed by atoms with E-state index in [1.807, 2.05) is 36.4 Å². The summed E-state index contributed by atoms with van der Waals surface area (Å²) < 4.78 is 5.61. The van der Waals surface area contributed by atoms with Crippen LogP contribution < -0.4 is 10.1 Å². The summed E-state index contributed by atoms with van der Waals surface area (Å²) in [5.74, 6) is 0.0497. The number of aliphatic hydroxyl groups is 1. The van der Waals surface area contributed by atoms with Crippen LogP contribution in [0.25, 0.3) is 0 Å². The summed E-state index contributed by atoms with van der Waals surface area (Å²) in [6.45, 7) is 1.45. The molecule has 0 saturated carbocycles. The van der Waals surface area contributed by atoms with E-state index < -0.39 is 23.6 Å². The van der Waals surface area contributed by atoms with Crippen molar-refractivity contribution in [2.24, 2.45) is 0 Å². The van der Waals surface area contributed by atoms with Crippen LogP contribution in [0.5, 0.6) is 5.75 Å². The Hall–Kier alpha value is -3.97. The van der Waals surface area contributed by atoms with Crippen molar-refractivity contribution in [2.75, 3.05) is 13.2 Å². The lowest BCUT2D eigenvalue weighted by Gasteiger charge is -2.28. The predicted molar refractivity (Wildman–Crippen MR) is 126 cm³/mol. The minimum absolute atomic E-state index is 0.0328. The molecule has 7 nitrogen and oxygen atoms in total. The fourth-order valence-corrected chi connectivity index (χ4v) is 4.07. The van der Waals surface area contributed by atoms with Crippen LogP contribution in [0.15, 0.2) is 84.9 Å². The van der Waals surface area contributed by atoms with Crippen LogP contribution >= 0.6 is 0 Å². The van der Waals surface area contributed by atoms with E-state index >= 15 is 0 Å². The molecule has 0 aliphatic carbocycles. The van der Waals surface area contributed by atoms with Crippen LogP contribution in [-0.2, 0) is 10.3 Å². The highest BCUT2D eigenvalue weighted by Crippen LogP contribution is 2.36. The lowest BCUT2D eigenvalue weighted by Crippen LogP contribution is -2.46. The van der Waals surface area contributed by atoms with Gasteiger partial charge in [-0.25, -0.2) is 4.79 Å². The number of benzene rings is 3. The highest BCUT2D eigenvalue weighted by Gasteiger charge is 2.53. The zero-order chi connectivity index (χ0) is 24.1. The number of urea groups is 1. The molecule has 0 spiro atoms. The first-order valence-corrected chi connectivity index (χ1v) is 11.1. The van der Waals surface area contributed by atoms with Crippen LogP contribution in [-0.4, -0.2) is 47.0 Å². The van der Waals surface area contributed by atoms with Crippen molar-refractivity contribution in [2.45, 2.75) is 25.0 Å². The number of hydrogen-bond donors (Lipinski definition) is 2. The summed E-state index contributed by atoms with van der Waals surface area (Å²) in [4.78, 5) is 39.3. The van der Waals surface area contributed by atoms with Crippen molar-refractivity contribution in [1.29, 1.82) is 0 Å².